The first kappa shape index (κ1) is 18.3. The first-order valence-corrected chi connectivity index (χ1v) is 9.49. The number of carbonyl (C=O) groups is 1. The molecule has 2 N–H and O–H groups in total. The van der Waals surface area contributed by atoms with E-state index in [4.69, 9.17) is 0 Å². The van der Waals surface area contributed by atoms with Crippen molar-refractivity contribution in [2.45, 2.75) is 32.9 Å². The van der Waals surface area contributed by atoms with Crippen LogP contribution in [0.2, 0.25) is 0 Å². The zero-order valence-corrected chi connectivity index (χ0v) is 15.7. The van der Waals surface area contributed by atoms with Crippen molar-refractivity contribution in [3.63, 3.8) is 0 Å². The lowest BCUT2D eigenvalue weighted by molar-refractivity contribution is 0.0911. The van der Waals surface area contributed by atoms with Crippen molar-refractivity contribution in [2.24, 2.45) is 0 Å². The molecule has 3 aromatic rings. The fourth-order valence-corrected chi connectivity index (χ4v) is 3.34. The maximum absolute atomic E-state index is 12.4. The van der Waals surface area contributed by atoms with Gasteiger partial charge in [-0.1, -0.05) is 36.4 Å². The monoisotopic (exact) mass is 370 g/mol. The highest BCUT2D eigenvalue weighted by Crippen LogP contribution is 2.15. The van der Waals surface area contributed by atoms with Crippen molar-refractivity contribution in [3.8, 4) is 0 Å². The summed E-state index contributed by atoms with van der Waals surface area (Å²) in [4.78, 5) is 12.4. The molecule has 1 aromatic carbocycles. The Balaban J connectivity index is 1.62. The molecular formula is C19H22N4O2S. The summed E-state index contributed by atoms with van der Waals surface area (Å²) in [6, 6.07) is 10.2. The third kappa shape index (κ3) is 4.17. The molecule has 0 spiro atoms. The van der Waals surface area contributed by atoms with E-state index >= 15 is 0 Å². The van der Waals surface area contributed by atoms with E-state index in [1.54, 1.807) is 4.68 Å². The number of rotatable bonds is 7. The van der Waals surface area contributed by atoms with Gasteiger partial charge in [-0.25, -0.2) is 4.68 Å². The molecule has 0 saturated carbocycles. The highest BCUT2D eigenvalue weighted by atomic mass is 32.1. The summed E-state index contributed by atoms with van der Waals surface area (Å²) in [5.41, 5.74) is 4.18. The number of benzene rings is 1. The van der Waals surface area contributed by atoms with Gasteiger partial charge in [-0.15, -0.1) is 5.10 Å². The van der Waals surface area contributed by atoms with Gasteiger partial charge < -0.3 is 10.4 Å². The van der Waals surface area contributed by atoms with Crippen LogP contribution >= 0.6 is 11.3 Å². The number of aliphatic hydroxyl groups is 1. The largest absolute Gasteiger partial charge is 0.387 e. The number of carbonyl (C=O) groups excluding carboxylic acids is 1. The molecule has 1 atom stereocenters. The van der Waals surface area contributed by atoms with Crippen LogP contribution in [0.1, 0.15) is 45.9 Å². The molecule has 0 aliphatic heterocycles. The second kappa shape index (κ2) is 8.25. The third-order valence-electron chi connectivity index (χ3n) is 4.35. The van der Waals surface area contributed by atoms with Gasteiger partial charge in [0.2, 0.25) is 0 Å². The number of thiophene rings is 1. The van der Waals surface area contributed by atoms with E-state index in [0.29, 0.717) is 12.2 Å². The van der Waals surface area contributed by atoms with Gasteiger partial charge in [0, 0.05) is 6.54 Å². The smallest absolute Gasteiger partial charge is 0.273 e. The molecule has 3 rings (SSSR count). The van der Waals surface area contributed by atoms with E-state index in [0.717, 1.165) is 17.5 Å². The van der Waals surface area contributed by atoms with E-state index in [-0.39, 0.29) is 18.1 Å². The molecule has 1 unspecified atom stereocenters. The van der Waals surface area contributed by atoms with Crippen molar-refractivity contribution >= 4 is 17.2 Å². The van der Waals surface area contributed by atoms with Crippen LogP contribution in [-0.4, -0.2) is 32.6 Å². The van der Waals surface area contributed by atoms with Crippen LogP contribution in [0.3, 0.4) is 0 Å². The number of aliphatic hydroxyl groups excluding tert-OH is 1. The van der Waals surface area contributed by atoms with E-state index in [2.05, 4.69) is 46.8 Å². The zero-order valence-electron chi connectivity index (χ0n) is 14.8. The second-order valence-electron chi connectivity index (χ2n) is 6.13. The molecule has 0 radical (unpaired) electrons. The van der Waals surface area contributed by atoms with E-state index in [1.165, 1.54) is 16.9 Å². The number of aryl methyl sites for hydroxylation is 1. The topological polar surface area (TPSA) is 80.0 Å². The number of nitrogens with one attached hydrogen (secondary N) is 1. The molecule has 0 aliphatic rings. The Morgan fingerprint density at radius 1 is 1.27 bits per heavy atom. The van der Waals surface area contributed by atoms with Gasteiger partial charge in [-0.05, 0) is 46.9 Å². The first-order valence-electron chi connectivity index (χ1n) is 8.54. The van der Waals surface area contributed by atoms with Crippen LogP contribution in [-0.2, 0) is 13.0 Å². The SMILES string of the molecule is CCc1ccc(Cn2nnc(C(=O)NCC(O)c3ccsc3)c2C)cc1. The lowest BCUT2D eigenvalue weighted by Gasteiger charge is -2.10. The molecule has 0 aliphatic carbocycles. The van der Waals surface area contributed by atoms with Gasteiger partial charge >= 0.3 is 0 Å². The summed E-state index contributed by atoms with van der Waals surface area (Å²) < 4.78 is 1.71. The molecule has 7 heteroatoms. The van der Waals surface area contributed by atoms with Gasteiger partial charge in [-0.3, -0.25) is 4.79 Å². The Labute approximate surface area is 156 Å². The Morgan fingerprint density at radius 3 is 2.65 bits per heavy atom. The molecule has 2 aromatic heterocycles. The number of amides is 1. The fraction of sp³-hybridized carbons (Fsp3) is 0.316. The predicted molar refractivity (Wildman–Crippen MR) is 101 cm³/mol. The Kier molecular flexibility index (Phi) is 5.80. The summed E-state index contributed by atoms with van der Waals surface area (Å²) in [5, 5.41) is 24.6. The van der Waals surface area contributed by atoms with Crippen molar-refractivity contribution in [1.82, 2.24) is 20.3 Å². The maximum Gasteiger partial charge on any atom is 0.273 e. The second-order valence-corrected chi connectivity index (χ2v) is 6.91. The van der Waals surface area contributed by atoms with Crippen LogP contribution in [0.5, 0.6) is 0 Å². The minimum atomic E-state index is -0.724. The van der Waals surface area contributed by atoms with Crippen LogP contribution < -0.4 is 5.32 Å². The quantitative estimate of drug-likeness (QED) is 0.670. The first-order chi connectivity index (χ1) is 12.6. The minimum Gasteiger partial charge on any atom is -0.387 e. The summed E-state index contributed by atoms with van der Waals surface area (Å²) in [6.07, 6.45) is 0.280. The van der Waals surface area contributed by atoms with Gasteiger partial charge in [0.15, 0.2) is 5.69 Å². The fourth-order valence-electron chi connectivity index (χ4n) is 2.63. The Morgan fingerprint density at radius 2 is 2.00 bits per heavy atom. The van der Waals surface area contributed by atoms with Crippen molar-refractivity contribution in [1.29, 1.82) is 0 Å². The van der Waals surface area contributed by atoms with Crippen LogP contribution in [0, 0.1) is 6.92 Å². The molecule has 0 saturated heterocycles. The zero-order chi connectivity index (χ0) is 18.5. The average molecular weight is 370 g/mol. The number of nitrogens with zero attached hydrogens (tertiary/aromatic N) is 3. The molecular weight excluding hydrogens is 348 g/mol. The van der Waals surface area contributed by atoms with Crippen LogP contribution in [0.25, 0.3) is 0 Å². The molecule has 6 nitrogen and oxygen atoms in total. The average Bonchev–Trinajstić information content (AvgIpc) is 3.31. The normalized spacial score (nSPS) is 12.1. The summed E-state index contributed by atoms with van der Waals surface area (Å²) in [7, 11) is 0. The number of aromatic nitrogens is 3. The molecule has 1 amide bonds. The van der Waals surface area contributed by atoms with Gasteiger partial charge in [-0.2, -0.15) is 11.3 Å². The Hall–Kier alpha value is -2.51. The maximum atomic E-state index is 12.4. The predicted octanol–water partition coefficient (Wildman–Crippen LogP) is 2.72. The van der Waals surface area contributed by atoms with Crippen molar-refractivity contribution in [2.75, 3.05) is 6.54 Å². The summed E-state index contributed by atoms with van der Waals surface area (Å²) >= 11 is 1.51. The lowest BCUT2D eigenvalue weighted by atomic mass is 10.1. The highest BCUT2D eigenvalue weighted by molar-refractivity contribution is 7.07. The van der Waals surface area contributed by atoms with Crippen molar-refractivity contribution in [3.05, 3.63) is 69.2 Å². The standard InChI is InChI=1S/C19H22N4O2S/c1-3-14-4-6-15(7-5-14)11-23-13(2)18(21-22-23)19(25)20-10-17(24)16-8-9-26-12-16/h4-9,12,17,24H,3,10-11H2,1-2H3,(H,20,25). The summed E-state index contributed by atoms with van der Waals surface area (Å²) in [6.45, 7) is 4.65. The lowest BCUT2D eigenvalue weighted by Crippen LogP contribution is -2.29. The third-order valence-corrected chi connectivity index (χ3v) is 5.05. The van der Waals surface area contributed by atoms with E-state index in [9.17, 15) is 9.90 Å². The molecule has 136 valence electrons. The Bertz CT molecular complexity index is 856. The summed E-state index contributed by atoms with van der Waals surface area (Å²) in [5.74, 6) is -0.329. The number of hydrogen-bond acceptors (Lipinski definition) is 5. The van der Waals surface area contributed by atoms with E-state index in [1.807, 2.05) is 23.8 Å². The van der Waals surface area contributed by atoms with E-state index < -0.39 is 6.10 Å². The highest BCUT2D eigenvalue weighted by Gasteiger charge is 2.18. The molecule has 0 bridgehead atoms. The van der Waals surface area contributed by atoms with Gasteiger partial charge in [0.25, 0.3) is 5.91 Å². The molecule has 0 fully saturated rings. The molecule has 26 heavy (non-hydrogen) atoms. The minimum absolute atomic E-state index is 0.139. The van der Waals surface area contributed by atoms with Crippen LogP contribution in [0.4, 0.5) is 0 Å². The van der Waals surface area contributed by atoms with Crippen molar-refractivity contribution < 1.29 is 9.90 Å². The van der Waals surface area contributed by atoms with Gasteiger partial charge in [0.05, 0.1) is 18.3 Å². The van der Waals surface area contributed by atoms with Gasteiger partial charge in [0.1, 0.15) is 0 Å². The van der Waals surface area contributed by atoms with Crippen LogP contribution in [0.15, 0.2) is 41.1 Å². The number of hydrogen-bond donors (Lipinski definition) is 2. The molecule has 2 heterocycles.